The lowest BCUT2D eigenvalue weighted by Crippen LogP contribution is -2.34. The molecule has 0 aliphatic carbocycles. The summed E-state index contributed by atoms with van der Waals surface area (Å²) in [6.07, 6.45) is 0.552. The van der Waals surface area contributed by atoms with Crippen LogP contribution in [0.5, 0.6) is 5.88 Å². The first-order valence-corrected chi connectivity index (χ1v) is 9.91. The third-order valence-corrected chi connectivity index (χ3v) is 5.05. The lowest BCUT2D eigenvalue weighted by Gasteiger charge is -2.24. The van der Waals surface area contributed by atoms with E-state index in [-0.39, 0.29) is 18.4 Å². The molecular weight excluding hydrogens is 372 g/mol. The van der Waals surface area contributed by atoms with Crippen molar-refractivity contribution in [2.75, 3.05) is 26.4 Å². The number of aliphatic hydroxyl groups is 1. The van der Waals surface area contributed by atoms with E-state index >= 15 is 0 Å². The molecule has 2 aliphatic heterocycles. The first kappa shape index (κ1) is 19.6. The molecule has 0 radical (unpaired) electrons. The monoisotopic (exact) mass is 396 g/mol. The van der Waals surface area contributed by atoms with E-state index in [9.17, 15) is 9.90 Å². The third kappa shape index (κ3) is 4.51. The molecule has 2 aromatic rings. The number of nitrogens with zero attached hydrogens (tertiary/aromatic N) is 2. The maximum Gasteiger partial charge on any atom is 0.351 e. The summed E-state index contributed by atoms with van der Waals surface area (Å²) in [5.74, 6) is 6.15. The molecule has 2 atom stereocenters. The molecule has 3 heterocycles. The van der Waals surface area contributed by atoms with E-state index in [4.69, 9.17) is 14.2 Å². The number of ether oxygens (including phenoxy) is 3. The zero-order valence-corrected chi connectivity index (χ0v) is 16.4. The number of hydrogen-bond acceptors (Lipinski definition) is 6. The van der Waals surface area contributed by atoms with E-state index in [1.54, 1.807) is 10.6 Å². The maximum atomic E-state index is 12.5. The van der Waals surface area contributed by atoms with Gasteiger partial charge in [0.15, 0.2) is 0 Å². The van der Waals surface area contributed by atoms with Crippen LogP contribution in [0.2, 0.25) is 0 Å². The Kier molecular flexibility index (Phi) is 5.95. The van der Waals surface area contributed by atoms with E-state index in [1.807, 2.05) is 25.1 Å². The van der Waals surface area contributed by atoms with Crippen molar-refractivity contribution >= 4 is 0 Å². The summed E-state index contributed by atoms with van der Waals surface area (Å²) in [6, 6.07) is 7.69. The molecule has 1 N–H and O–H groups in total. The highest BCUT2D eigenvalue weighted by Crippen LogP contribution is 2.30. The molecule has 1 aromatic heterocycles. The lowest BCUT2D eigenvalue weighted by molar-refractivity contribution is -0.102. The summed E-state index contributed by atoms with van der Waals surface area (Å²) in [6.45, 7) is 4.35. The van der Waals surface area contributed by atoms with Gasteiger partial charge in [-0.1, -0.05) is 24.8 Å². The van der Waals surface area contributed by atoms with E-state index in [0.717, 1.165) is 28.8 Å². The zero-order valence-electron chi connectivity index (χ0n) is 16.4. The summed E-state index contributed by atoms with van der Waals surface area (Å²) in [5.41, 5.74) is 3.41. The second kappa shape index (κ2) is 8.78. The van der Waals surface area contributed by atoms with Gasteiger partial charge < -0.3 is 19.3 Å². The minimum Gasteiger partial charge on any atom is -0.475 e. The molecule has 4 rings (SSSR count). The summed E-state index contributed by atoms with van der Waals surface area (Å²) in [7, 11) is 0. The summed E-state index contributed by atoms with van der Waals surface area (Å²) >= 11 is 0. The first-order valence-electron chi connectivity index (χ1n) is 9.91. The molecule has 1 saturated heterocycles. The van der Waals surface area contributed by atoms with E-state index < -0.39 is 6.10 Å². The average Bonchev–Trinajstić information content (AvgIpc) is 2.76. The predicted octanol–water partition coefficient (Wildman–Crippen LogP) is 1.38. The number of fused-ring (bicyclic) bond motifs is 3. The fourth-order valence-corrected chi connectivity index (χ4v) is 3.44. The molecule has 7 nitrogen and oxygen atoms in total. The van der Waals surface area contributed by atoms with Gasteiger partial charge in [-0.2, -0.15) is 4.98 Å². The largest absolute Gasteiger partial charge is 0.475 e. The Morgan fingerprint density at radius 2 is 2.28 bits per heavy atom. The summed E-state index contributed by atoms with van der Waals surface area (Å²) in [4.78, 5) is 16.5. The maximum absolute atomic E-state index is 12.5. The molecule has 1 fully saturated rings. The van der Waals surface area contributed by atoms with Crippen molar-refractivity contribution in [3.8, 4) is 29.0 Å². The van der Waals surface area contributed by atoms with Crippen LogP contribution in [-0.2, 0) is 22.4 Å². The molecule has 0 saturated carbocycles. The Balaban J connectivity index is 1.58. The van der Waals surface area contributed by atoms with Gasteiger partial charge in [0, 0.05) is 23.7 Å². The van der Waals surface area contributed by atoms with Crippen LogP contribution in [0.15, 0.2) is 29.1 Å². The van der Waals surface area contributed by atoms with Crippen LogP contribution in [0.4, 0.5) is 0 Å². The molecule has 2 aliphatic rings. The number of rotatable bonds is 4. The van der Waals surface area contributed by atoms with E-state index in [2.05, 4.69) is 16.8 Å². The quantitative estimate of drug-likeness (QED) is 0.787. The van der Waals surface area contributed by atoms with Gasteiger partial charge in [-0.25, -0.2) is 4.79 Å². The highest BCUT2D eigenvalue weighted by molar-refractivity contribution is 5.67. The number of aryl methyl sites for hydroxylation is 1. The molecule has 0 spiro atoms. The van der Waals surface area contributed by atoms with Gasteiger partial charge in [0.25, 0.3) is 0 Å². The zero-order chi connectivity index (χ0) is 20.2. The average molecular weight is 396 g/mol. The van der Waals surface area contributed by atoms with Crippen molar-refractivity contribution < 1.29 is 19.3 Å². The van der Waals surface area contributed by atoms with Crippen molar-refractivity contribution in [1.82, 2.24) is 9.55 Å². The first-order chi connectivity index (χ1) is 14.1. The lowest BCUT2D eigenvalue weighted by atomic mass is 9.95. The van der Waals surface area contributed by atoms with Gasteiger partial charge in [0.1, 0.15) is 18.8 Å². The van der Waals surface area contributed by atoms with Crippen LogP contribution in [-0.4, -0.2) is 53.3 Å². The molecule has 152 valence electrons. The topological polar surface area (TPSA) is 82.8 Å². The number of hydrogen-bond donors (Lipinski definition) is 1. The van der Waals surface area contributed by atoms with Crippen molar-refractivity contribution in [1.29, 1.82) is 0 Å². The Hall–Kier alpha value is -2.66. The minimum atomic E-state index is -0.616. The Labute approximate surface area is 169 Å². The van der Waals surface area contributed by atoms with Crippen LogP contribution in [0, 0.1) is 11.8 Å². The van der Waals surface area contributed by atoms with Gasteiger partial charge in [-0.15, -0.1) is 0 Å². The van der Waals surface area contributed by atoms with Crippen LogP contribution in [0.25, 0.3) is 11.3 Å². The molecule has 2 unspecified atom stereocenters. The van der Waals surface area contributed by atoms with Crippen molar-refractivity contribution in [3.05, 3.63) is 45.9 Å². The second-order valence-corrected chi connectivity index (χ2v) is 7.11. The highest BCUT2D eigenvalue weighted by atomic mass is 16.6. The van der Waals surface area contributed by atoms with Crippen molar-refractivity contribution in [3.63, 3.8) is 0 Å². The number of benzene rings is 1. The normalized spacial score (nSPS) is 18.8. The number of aromatic nitrogens is 2. The number of aliphatic hydroxyl groups excluding tert-OH is 1. The molecular formula is C22H24N2O5. The smallest absolute Gasteiger partial charge is 0.351 e. The predicted molar refractivity (Wildman–Crippen MR) is 107 cm³/mol. The Bertz CT molecular complexity index is 998. The van der Waals surface area contributed by atoms with Gasteiger partial charge in [-0.05, 0) is 30.5 Å². The third-order valence-electron chi connectivity index (χ3n) is 5.05. The summed E-state index contributed by atoms with van der Waals surface area (Å²) < 4.78 is 18.3. The highest BCUT2D eigenvalue weighted by Gasteiger charge is 2.20. The fourth-order valence-electron chi connectivity index (χ4n) is 3.44. The van der Waals surface area contributed by atoms with Crippen molar-refractivity contribution in [2.24, 2.45) is 0 Å². The molecule has 29 heavy (non-hydrogen) atoms. The Morgan fingerprint density at radius 3 is 3.07 bits per heavy atom. The molecule has 7 heteroatoms. The van der Waals surface area contributed by atoms with Crippen LogP contribution in [0.1, 0.15) is 24.5 Å². The summed E-state index contributed by atoms with van der Waals surface area (Å²) in [5, 5.41) is 9.64. The van der Waals surface area contributed by atoms with Crippen LogP contribution in [0.3, 0.4) is 0 Å². The van der Waals surface area contributed by atoms with Crippen LogP contribution < -0.4 is 10.4 Å². The van der Waals surface area contributed by atoms with Gasteiger partial charge >= 0.3 is 5.69 Å². The van der Waals surface area contributed by atoms with Gasteiger partial charge in [0.05, 0.1) is 25.5 Å². The van der Waals surface area contributed by atoms with Crippen LogP contribution >= 0.6 is 0 Å². The molecule has 0 bridgehead atoms. The van der Waals surface area contributed by atoms with Gasteiger partial charge in [-0.3, -0.25) is 4.57 Å². The minimum absolute atomic E-state index is 0.156. The van der Waals surface area contributed by atoms with E-state index in [0.29, 0.717) is 38.7 Å². The molecule has 0 amide bonds. The molecule has 1 aromatic carbocycles. The van der Waals surface area contributed by atoms with Crippen molar-refractivity contribution in [2.45, 2.75) is 38.5 Å². The second-order valence-electron chi connectivity index (χ2n) is 7.11. The Morgan fingerprint density at radius 1 is 1.38 bits per heavy atom. The SMILES string of the molecule is CCC(O)C#Cc1ccc2c(c1)CCn1c-2cc(OCC2COCCO2)nc1=O. The van der Waals surface area contributed by atoms with E-state index in [1.165, 1.54) is 0 Å². The fraction of sp³-hybridized carbons (Fsp3) is 0.455. The standard InChI is InChI=1S/C22H24N2O5/c1-2-17(25)5-3-15-4-6-19-16(11-15)7-8-24-20(19)12-21(23-22(24)26)29-14-18-13-27-9-10-28-18/h4,6,11-12,17-18,25H,2,7-10,13-14H2,1H3. The van der Waals surface area contributed by atoms with Gasteiger partial charge in [0.2, 0.25) is 5.88 Å².